The first-order valence-corrected chi connectivity index (χ1v) is 7.51. The highest BCUT2D eigenvalue weighted by molar-refractivity contribution is 7.11. The first kappa shape index (κ1) is 13.1. The molecule has 2 heterocycles. The molecule has 1 aromatic carbocycles. The summed E-state index contributed by atoms with van der Waals surface area (Å²) in [6.07, 6.45) is 1.83. The third-order valence-corrected chi connectivity index (χ3v) is 4.59. The number of rotatable bonds is 3. The van der Waals surface area contributed by atoms with E-state index in [0.29, 0.717) is 0 Å². The van der Waals surface area contributed by atoms with E-state index in [9.17, 15) is 0 Å². The fourth-order valence-corrected chi connectivity index (χ4v) is 3.40. The average molecular weight is 283 g/mol. The Morgan fingerprint density at radius 1 is 1.15 bits per heavy atom. The number of hydrogen-bond acceptors (Lipinski definition) is 4. The van der Waals surface area contributed by atoms with Gasteiger partial charge in [0.1, 0.15) is 0 Å². The summed E-state index contributed by atoms with van der Waals surface area (Å²) < 4.78 is 0. The van der Waals surface area contributed by atoms with Crippen molar-refractivity contribution in [2.75, 3.05) is 5.32 Å². The quantitative estimate of drug-likeness (QED) is 0.770. The lowest BCUT2D eigenvalue weighted by Crippen LogP contribution is -2.07. The molecule has 3 nitrogen and oxygen atoms in total. The van der Waals surface area contributed by atoms with E-state index in [1.807, 2.05) is 19.2 Å². The first-order valence-electron chi connectivity index (χ1n) is 6.69. The van der Waals surface area contributed by atoms with Gasteiger partial charge in [0, 0.05) is 16.5 Å². The van der Waals surface area contributed by atoms with Crippen molar-refractivity contribution in [2.45, 2.75) is 26.8 Å². The van der Waals surface area contributed by atoms with Gasteiger partial charge < -0.3 is 5.32 Å². The minimum atomic E-state index is 0.230. The summed E-state index contributed by atoms with van der Waals surface area (Å²) in [6.45, 7) is 6.29. The number of nitrogens with one attached hydrogen (secondary N) is 1. The van der Waals surface area contributed by atoms with Crippen LogP contribution in [0.5, 0.6) is 0 Å². The second kappa shape index (κ2) is 5.21. The monoisotopic (exact) mass is 283 g/mol. The standard InChI is InChI=1S/C16H17N3S/c1-10-16(20-12(3)18-10)11(2)19-14-8-4-6-13-7-5-9-17-15(13)14/h4-9,11,19H,1-3H3. The van der Waals surface area contributed by atoms with Crippen LogP contribution in [0.15, 0.2) is 36.5 Å². The largest absolute Gasteiger partial charge is 0.376 e. The molecule has 0 saturated heterocycles. The molecule has 3 aromatic rings. The number of anilines is 1. The number of thiazole rings is 1. The summed E-state index contributed by atoms with van der Waals surface area (Å²) in [7, 11) is 0. The zero-order chi connectivity index (χ0) is 14.1. The molecule has 1 unspecified atom stereocenters. The van der Waals surface area contributed by atoms with Gasteiger partial charge >= 0.3 is 0 Å². The summed E-state index contributed by atoms with van der Waals surface area (Å²) in [5, 5.41) is 5.83. The molecule has 0 fully saturated rings. The second-order valence-electron chi connectivity index (χ2n) is 4.93. The maximum atomic E-state index is 4.50. The predicted octanol–water partition coefficient (Wildman–Crippen LogP) is 4.48. The van der Waals surface area contributed by atoms with Gasteiger partial charge in [-0.05, 0) is 32.9 Å². The van der Waals surface area contributed by atoms with Gasteiger partial charge in [-0.2, -0.15) is 0 Å². The lowest BCUT2D eigenvalue weighted by Gasteiger charge is -2.15. The van der Waals surface area contributed by atoms with Crippen molar-refractivity contribution >= 4 is 27.9 Å². The molecule has 0 aliphatic rings. The van der Waals surface area contributed by atoms with Crippen molar-refractivity contribution < 1.29 is 0 Å². The van der Waals surface area contributed by atoms with Gasteiger partial charge in [-0.3, -0.25) is 4.98 Å². The fourth-order valence-electron chi connectivity index (χ4n) is 2.47. The van der Waals surface area contributed by atoms with Gasteiger partial charge in [0.15, 0.2) is 0 Å². The maximum absolute atomic E-state index is 4.50. The normalized spacial score (nSPS) is 12.6. The van der Waals surface area contributed by atoms with Gasteiger partial charge in [-0.1, -0.05) is 18.2 Å². The number of pyridine rings is 1. The van der Waals surface area contributed by atoms with Crippen LogP contribution in [0.25, 0.3) is 10.9 Å². The van der Waals surface area contributed by atoms with E-state index in [0.717, 1.165) is 27.3 Å². The highest BCUT2D eigenvalue weighted by Gasteiger charge is 2.14. The predicted molar refractivity (Wildman–Crippen MR) is 85.4 cm³/mol. The molecule has 102 valence electrons. The molecule has 2 aromatic heterocycles. The van der Waals surface area contributed by atoms with Crippen LogP contribution in [-0.4, -0.2) is 9.97 Å². The highest BCUT2D eigenvalue weighted by atomic mass is 32.1. The van der Waals surface area contributed by atoms with E-state index in [-0.39, 0.29) is 6.04 Å². The lowest BCUT2D eigenvalue weighted by molar-refractivity contribution is 0.891. The Morgan fingerprint density at radius 3 is 2.70 bits per heavy atom. The zero-order valence-corrected chi connectivity index (χ0v) is 12.7. The topological polar surface area (TPSA) is 37.8 Å². The summed E-state index contributed by atoms with van der Waals surface area (Å²) in [5.41, 5.74) is 3.20. The molecule has 0 amide bonds. The Hall–Kier alpha value is -1.94. The molecule has 0 aliphatic carbocycles. The molecule has 1 atom stereocenters. The Morgan fingerprint density at radius 2 is 1.95 bits per heavy atom. The number of nitrogens with zero attached hydrogens (tertiary/aromatic N) is 2. The third kappa shape index (κ3) is 2.39. The van der Waals surface area contributed by atoms with Gasteiger partial charge in [0.2, 0.25) is 0 Å². The van der Waals surface area contributed by atoms with Crippen LogP contribution in [-0.2, 0) is 0 Å². The van der Waals surface area contributed by atoms with Gasteiger partial charge in [-0.25, -0.2) is 4.98 Å². The van der Waals surface area contributed by atoms with Crippen LogP contribution >= 0.6 is 11.3 Å². The number of para-hydroxylation sites is 1. The number of aryl methyl sites for hydroxylation is 2. The van der Waals surface area contributed by atoms with E-state index in [4.69, 9.17) is 0 Å². The van der Waals surface area contributed by atoms with Crippen LogP contribution in [0.1, 0.15) is 28.5 Å². The number of fused-ring (bicyclic) bond motifs is 1. The first-order chi connectivity index (χ1) is 9.65. The zero-order valence-electron chi connectivity index (χ0n) is 11.8. The summed E-state index contributed by atoms with van der Waals surface area (Å²) in [4.78, 5) is 10.3. The van der Waals surface area contributed by atoms with Crippen LogP contribution in [0.2, 0.25) is 0 Å². The van der Waals surface area contributed by atoms with Crippen molar-refractivity contribution in [1.82, 2.24) is 9.97 Å². The molecule has 0 spiro atoms. The van der Waals surface area contributed by atoms with Gasteiger partial charge in [-0.15, -0.1) is 11.3 Å². The van der Waals surface area contributed by atoms with Crippen LogP contribution in [0.4, 0.5) is 5.69 Å². The number of aromatic nitrogens is 2. The Bertz CT molecular complexity index is 743. The maximum Gasteiger partial charge on any atom is 0.0933 e. The molecule has 0 saturated carbocycles. The van der Waals surface area contributed by atoms with Crippen LogP contribution < -0.4 is 5.32 Å². The minimum absolute atomic E-state index is 0.230. The molecule has 0 radical (unpaired) electrons. The Labute approximate surface area is 122 Å². The molecular formula is C16H17N3S. The summed E-state index contributed by atoms with van der Waals surface area (Å²) in [5.74, 6) is 0. The van der Waals surface area contributed by atoms with E-state index in [2.05, 4.69) is 53.4 Å². The summed E-state index contributed by atoms with van der Waals surface area (Å²) >= 11 is 1.75. The minimum Gasteiger partial charge on any atom is -0.376 e. The van der Waals surface area contributed by atoms with Crippen molar-refractivity contribution in [3.8, 4) is 0 Å². The van der Waals surface area contributed by atoms with Crippen LogP contribution in [0, 0.1) is 13.8 Å². The van der Waals surface area contributed by atoms with Crippen molar-refractivity contribution in [3.05, 3.63) is 52.1 Å². The second-order valence-corrected chi connectivity index (χ2v) is 6.16. The Balaban J connectivity index is 1.95. The van der Waals surface area contributed by atoms with E-state index >= 15 is 0 Å². The molecule has 0 aliphatic heterocycles. The number of benzene rings is 1. The molecule has 0 bridgehead atoms. The average Bonchev–Trinajstić information content (AvgIpc) is 2.78. The lowest BCUT2D eigenvalue weighted by atomic mass is 10.1. The molecule has 20 heavy (non-hydrogen) atoms. The van der Waals surface area contributed by atoms with Crippen molar-refractivity contribution in [3.63, 3.8) is 0 Å². The van der Waals surface area contributed by atoms with Gasteiger partial charge in [0.05, 0.1) is 27.9 Å². The highest BCUT2D eigenvalue weighted by Crippen LogP contribution is 2.29. The molecule has 4 heteroatoms. The SMILES string of the molecule is Cc1nc(C)c(C(C)Nc2cccc3cccnc23)s1. The third-order valence-electron chi connectivity index (χ3n) is 3.34. The number of hydrogen-bond donors (Lipinski definition) is 1. The van der Waals surface area contributed by atoms with Crippen molar-refractivity contribution in [2.24, 2.45) is 0 Å². The molecule has 1 N–H and O–H groups in total. The molecule has 3 rings (SSSR count). The van der Waals surface area contributed by atoms with E-state index < -0.39 is 0 Å². The van der Waals surface area contributed by atoms with E-state index in [1.165, 1.54) is 4.88 Å². The summed E-state index contributed by atoms with van der Waals surface area (Å²) in [6, 6.07) is 10.5. The Kier molecular flexibility index (Phi) is 3.40. The van der Waals surface area contributed by atoms with E-state index in [1.54, 1.807) is 11.3 Å². The molecular weight excluding hydrogens is 266 g/mol. The van der Waals surface area contributed by atoms with Gasteiger partial charge in [0.25, 0.3) is 0 Å². The smallest absolute Gasteiger partial charge is 0.0933 e. The van der Waals surface area contributed by atoms with Crippen molar-refractivity contribution in [1.29, 1.82) is 0 Å². The van der Waals surface area contributed by atoms with Crippen LogP contribution in [0.3, 0.4) is 0 Å². The fraction of sp³-hybridized carbons (Fsp3) is 0.250.